The van der Waals surface area contributed by atoms with Crippen molar-refractivity contribution >= 4 is 17.3 Å². The number of aromatic amines is 1. The minimum absolute atomic E-state index is 0.0564. The lowest BCUT2D eigenvalue weighted by molar-refractivity contribution is 0.0691. The third-order valence-corrected chi connectivity index (χ3v) is 2.58. The van der Waals surface area contributed by atoms with Gasteiger partial charge in [0.25, 0.3) is 0 Å². The number of carboxylic acid groups (broad SMARTS) is 1. The third-order valence-electron chi connectivity index (χ3n) is 2.58. The Hall–Kier alpha value is -2.83. The lowest BCUT2D eigenvalue weighted by Gasteiger charge is -1.93. The molecule has 0 saturated carbocycles. The highest BCUT2D eigenvalue weighted by atomic mass is 16.4. The summed E-state index contributed by atoms with van der Waals surface area (Å²) < 4.78 is 1.26. The number of nitrogens with two attached hydrogens (primary N) is 1. The number of carboxylic acids is 1. The van der Waals surface area contributed by atoms with Gasteiger partial charge in [-0.1, -0.05) is 30.3 Å². The number of H-pyrrole nitrogens is 1. The van der Waals surface area contributed by atoms with E-state index in [2.05, 4.69) is 15.2 Å². The maximum Gasteiger partial charge on any atom is 0.358 e. The second kappa shape index (κ2) is 3.59. The van der Waals surface area contributed by atoms with Crippen LogP contribution in [0.2, 0.25) is 0 Å². The van der Waals surface area contributed by atoms with Crippen molar-refractivity contribution in [2.24, 2.45) is 0 Å². The number of nitrogen functional groups attached to an aromatic ring is 1. The standard InChI is InChI=1S/C11H9N5O2/c12-7-8(11(17)18)14-16-10(7)13-9(15-16)6-4-2-1-3-5-6/h1-5H,12H2,(H,13,15)(H,17,18). The Balaban J connectivity index is 2.17. The van der Waals surface area contributed by atoms with Gasteiger partial charge in [-0.05, 0) is 0 Å². The summed E-state index contributed by atoms with van der Waals surface area (Å²) in [6.45, 7) is 0. The second-order valence-electron chi connectivity index (χ2n) is 3.74. The Bertz CT molecular complexity index is 729. The summed E-state index contributed by atoms with van der Waals surface area (Å²) >= 11 is 0. The molecule has 2 heterocycles. The summed E-state index contributed by atoms with van der Waals surface area (Å²) in [5.41, 5.74) is 6.73. The highest BCUT2D eigenvalue weighted by Crippen LogP contribution is 2.21. The van der Waals surface area contributed by atoms with E-state index >= 15 is 0 Å². The summed E-state index contributed by atoms with van der Waals surface area (Å²) in [4.78, 5) is 15.1. The van der Waals surface area contributed by atoms with Gasteiger partial charge in [0.2, 0.25) is 0 Å². The summed E-state index contributed by atoms with van der Waals surface area (Å²) in [7, 11) is 0. The molecule has 0 amide bonds. The molecule has 0 unspecified atom stereocenters. The largest absolute Gasteiger partial charge is 0.476 e. The SMILES string of the molecule is Nc1c(C(=O)O)nn2[nH]c(-c3ccccc3)nc12. The molecule has 0 fully saturated rings. The van der Waals surface area contributed by atoms with E-state index in [1.165, 1.54) is 4.63 Å². The zero-order chi connectivity index (χ0) is 12.7. The number of benzene rings is 1. The Morgan fingerprint density at radius 3 is 2.67 bits per heavy atom. The number of aromatic carboxylic acids is 1. The highest BCUT2D eigenvalue weighted by Gasteiger charge is 2.19. The molecule has 0 atom stereocenters. The molecule has 0 aliphatic carbocycles. The molecule has 18 heavy (non-hydrogen) atoms. The molecular weight excluding hydrogens is 234 g/mol. The van der Waals surface area contributed by atoms with Gasteiger partial charge in [-0.15, -0.1) is 5.10 Å². The van der Waals surface area contributed by atoms with Gasteiger partial charge in [0, 0.05) is 5.56 Å². The van der Waals surface area contributed by atoms with E-state index in [0.29, 0.717) is 11.5 Å². The average Bonchev–Trinajstić information content (AvgIpc) is 2.91. The van der Waals surface area contributed by atoms with Crippen LogP contribution in [0.3, 0.4) is 0 Å². The van der Waals surface area contributed by atoms with Crippen molar-refractivity contribution in [2.75, 3.05) is 5.73 Å². The number of aromatic nitrogens is 4. The van der Waals surface area contributed by atoms with Crippen LogP contribution in [0.1, 0.15) is 10.5 Å². The van der Waals surface area contributed by atoms with Crippen LogP contribution in [-0.4, -0.2) is 30.9 Å². The predicted molar refractivity (Wildman–Crippen MR) is 64.1 cm³/mol. The van der Waals surface area contributed by atoms with Gasteiger partial charge in [-0.25, -0.2) is 9.78 Å². The second-order valence-corrected chi connectivity index (χ2v) is 3.74. The predicted octanol–water partition coefficient (Wildman–Crippen LogP) is 1.00. The van der Waals surface area contributed by atoms with Crippen LogP contribution in [0.15, 0.2) is 30.3 Å². The van der Waals surface area contributed by atoms with Gasteiger partial charge in [0.05, 0.1) is 0 Å². The Labute approximate surface area is 101 Å². The average molecular weight is 243 g/mol. The molecule has 90 valence electrons. The van der Waals surface area contributed by atoms with Gasteiger partial charge < -0.3 is 10.8 Å². The molecule has 0 radical (unpaired) electrons. The quantitative estimate of drug-likeness (QED) is 0.622. The minimum atomic E-state index is -1.17. The van der Waals surface area contributed by atoms with Crippen molar-refractivity contribution in [1.29, 1.82) is 0 Å². The van der Waals surface area contributed by atoms with Crippen molar-refractivity contribution in [3.63, 3.8) is 0 Å². The lowest BCUT2D eigenvalue weighted by Crippen LogP contribution is -2.02. The number of nitrogens with zero attached hydrogens (tertiary/aromatic N) is 3. The fraction of sp³-hybridized carbons (Fsp3) is 0. The van der Waals surface area contributed by atoms with E-state index in [1.54, 1.807) is 0 Å². The van der Waals surface area contributed by atoms with Crippen molar-refractivity contribution in [3.05, 3.63) is 36.0 Å². The van der Waals surface area contributed by atoms with Crippen molar-refractivity contribution < 1.29 is 9.90 Å². The van der Waals surface area contributed by atoms with Crippen molar-refractivity contribution in [3.8, 4) is 11.4 Å². The third kappa shape index (κ3) is 1.41. The van der Waals surface area contributed by atoms with Gasteiger partial charge in [0.1, 0.15) is 5.69 Å². The van der Waals surface area contributed by atoms with E-state index < -0.39 is 5.97 Å². The summed E-state index contributed by atoms with van der Waals surface area (Å²) in [6, 6.07) is 9.42. The van der Waals surface area contributed by atoms with Crippen LogP contribution in [0.25, 0.3) is 17.0 Å². The van der Waals surface area contributed by atoms with E-state index in [0.717, 1.165) is 5.56 Å². The fourth-order valence-corrected chi connectivity index (χ4v) is 1.72. The smallest absolute Gasteiger partial charge is 0.358 e. The van der Waals surface area contributed by atoms with Crippen LogP contribution >= 0.6 is 0 Å². The Kier molecular flexibility index (Phi) is 2.06. The molecule has 0 saturated heterocycles. The fourth-order valence-electron chi connectivity index (χ4n) is 1.72. The van der Waals surface area contributed by atoms with Crippen molar-refractivity contribution in [2.45, 2.75) is 0 Å². The van der Waals surface area contributed by atoms with E-state index in [9.17, 15) is 4.79 Å². The Morgan fingerprint density at radius 2 is 2.06 bits per heavy atom. The number of hydrogen-bond acceptors (Lipinski definition) is 4. The first kappa shape index (κ1) is 10.3. The molecule has 3 rings (SSSR count). The first-order chi connectivity index (χ1) is 8.66. The zero-order valence-corrected chi connectivity index (χ0v) is 9.16. The topological polar surface area (TPSA) is 109 Å². The Morgan fingerprint density at radius 1 is 1.33 bits per heavy atom. The molecule has 0 bridgehead atoms. The molecule has 4 N–H and O–H groups in total. The number of fused-ring (bicyclic) bond motifs is 1. The van der Waals surface area contributed by atoms with E-state index in [1.807, 2.05) is 30.3 Å². The summed E-state index contributed by atoms with van der Waals surface area (Å²) in [5.74, 6) is -0.589. The van der Waals surface area contributed by atoms with Gasteiger partial charge in [-0.3, -0.25) is 5.10 Å². The van der Waals surface area contributed by atoms with Crippen molar-refractivity contribution in [1.82, 2.24) is 19.8 Å². The van der Waals surface area contributed by atoms with E-state index in [-0.39, 0.29) is 11.4 Å². The molecule has 1 aromatic carbocycles. The van der Waals surface area contributed by atoms with Crippen LogP contribution in [-0.2, 0) is 0 Å². The highest BCUT2D eigenvalue weighted by molar-refractivity contribution is 5.95. The molecule has 7 nitrogen and oxygen atoms in total. The molecule has 3 aromatic rings. The van der Waals surface area contributed by atoms with Crippen LogP contribution in [0.4, 0.5) is 5.69 Å². The maximum absolute atomic E-state index is 10.8. The van der Waals surface area contributed by atoms with Gasteiger partial charge >= 0.3 is 5.97 Å². The molecule has 0 spiro atoms. The number of carbonyl (C=O) groups is 1. The first-order valence-electron chi connectivity index (χ1n) is 5.20. The normalized spacial score (nSPS) is 10.9. The minimum Gasteiger partial charge on any atom is -0.476 e. The number of anilines is 1. The number of hydrogen-bond donors (Lipinski definition) is 3. The summed E-state index contributed by atoms with van der Waals surface area (Å²) in [5, 5.41) is 15.6. The number of nitrogens with one attached hydrogen (secondary N) is 1. The number of rotatable bonds is 2. The van der Waals surface area contributed by atoms with E-state index in [4.69, 9.17) is 10.8 Å². The molecule has 0 aliphatic rings. The van der Waals surface area contributed by atoms with Crippen LogP contribution in [0, 0.1) is 0 Å². The molecular formula is C11H9N5O2. The lowest BCUT2D eigenvalue weighted by atomic mass is 10.2. The van der Waals surface area contributed by atoms with Gasteiger partial charge in [0.15, 0.2) is 17.2 Å². The molecule has 7 heteroatoms. The van der Waals surface area contributed by atoms with Crippen LogP contribution in [0.5, 0.6) is 0 Å². The first-order valence-corrected chi connectivity index (χ1v) is 5.20. The van der Waals surface area contributed by atoms with Gasteiger partial charge in [-0.2, -0.15) is 4.63 Å². The molecule has 2 aromatic heterocycles. The summed E-state index contributed by atoms with van der Waals surface area (Å²) in [6.07, 6.45) is 0. The monoisotopic (exact) mass is 243 g/mol. The zero-order valence-electron chi connectivity index (χ0n) is 9.16. The maximum atomic E-state index is 10.8. The molecule has 0 aliphatic heterocycles. The van der Waals surface area contributed by atoms with Crippen LogP contribution < -0.4 is 5.73 Å².